The fraction of sp³-hybridized carbons (Fsp3) is 1.00. The fourth-order valence-corrected chi connectivity index (χ4v) is 4.99. The number of phosphoric ester groups is 2. The average molecular weight is 475 g/mol. The molecule has 1 atom stereocenters. The summed E-state index contributed by atoms with van der Waals surface area (Å²) in [4.78, 5) is 0. The normalized spacial score (nSPS) is 14.4. The summed E-state index contributed by atoms with van der Waals surface area (Å²) in [5.41, 5.74) is 0. The maximum Gasteiger partial charge on any atom is 0.475 e. The zero-order valence-electron chi connectivity index (χ0n) is 20.3. The second-order valence-electron chi connectivity index (χ2n) is 9.19. The lowest BCUT2D eigenvalue weighted by Gasteiger charge is -2.24. The van der Waals surface area contributed by atoms with Gasteiger partial charge in [0.1, 0.15) is 0 Å². The van der Waals surface area contributed by atoms with Crippen molar-refractivity contribution in [3.8, 4) is 0 Å². The molecular formula is C20H44O8P2. The molecule has 182 valence electrons. The number of hydrogen-bond donors (Lipinski definition) is 0. The smallest absolute Gasteiger partial charge is 0.287 e. The first-order chi connectivity index (χ1) is 13.8. The fourth-order valence-electron chi connectivity index (χ4n) is 1.77. The van der Waals surface area contributed by atoms with Crippen LogP contribution in [-0.2, 0) is 36.3 Å². The van der Waals surface area contributed by atoms with E-state index in [-0.39, 0.29) is 56.7 Å². The van der Waals surface area contributed by atoms with Crippen molar-refractivity contribution >= 4 is 15.6 Å². The summed E-state index contributed by atoms with van der Waals surface area (Å²) >= 11 is 0. The Bertz CT molecular complexity index is 505. The van der Waals surface area contributed by atoms with Gasteiger partial charge in [-0.3, -0.25) is 27.1 Å². The largest absolute Gasteiger partial charge is 0.475 e. The van der Waals surface area contributed by atoms with Crippen LogP contribution in [0.25, 0.3) is 0 Å². The first-order valence-corrected chi connectivity index (χ1v) is 13.8. The molecule has 0 aromatic heterocycles. The molecule has 0 rings (SSSR count). The minimum Gasteiger partial charge on any atom is -0.287 e. The van der Waals surface area contributed by atoms with Gasteiger partial charge in [0.15, 0.2) is 0 Å². The molecule has 8 nitrogen and oxygen atoms in total. The maximum atomic E-state index is 12.9. The lowest BCUT2D eigenvalue weighted by atomic mass is 10.2. The van der Waals surface area contributed by atoms with Gasteiger partial charge >= 0.3 is 15.6 Å². The van der Waals surface area contributed by atoms with E-state index >= 15 is 0 Å². The van der Waals surface area contributed by atoms with Crippen LogP contribution in [0.5, 0.6) is 0 Å². The van der Waals surface area contributed by atoms with Crippen LogP contribution in [0.3, 0.4) is 0 Å². The molecule has 0 bridgehead atoms. The quantitative estimate of drug-likeness (QED) is 0.203. The van der Waals surface area contributed by atoms with Crippen molar-refractivity contribution in [1.82, 2.24) is 0 Å². The Kier molecular flexibility index (Phi) is 15.2. The minimum atomic E-state index is -3.70. The molecule has 0 fully saturated rings. The van der Waals surface area contributed by atoms with Crippen LogP contribution in [0.4, 0.5) is 0 Å². The van der Waals surface area contributed by atoms with Gasteiger partial charge in [-0.25, -0.2) is 9.13 Å². The summed E-state index contributed by atoms with van der Waals surface area (Å²) in [7, 11) is -7.38. The number of rotatable bonds is 18. The lowest BCUT2D eigenvalue weighted by Crippen LogP contribution is -2.16. The standard InChI is InChI=1S/C20H44O8P2/c1-16(2)12-24-29(21,25-13-17(3)4)23-11-10-20(9)28-30(22,26-14-18(5)6)27-15-19(7)8/h16-20H,10-15H2,1-9H3/t20-/m1/s1. The number of hydrogen-bond acceptors (Lipinski definition) is 8. The Hall–Kier alpha value is 0.220. The first-order valence-electron chi connectivity index (χ1n) is 10.9. The van der Waals surface area contributed by atoms with Gasteiger partial charge < -0.3 is 0 Å². The predicted molar refractivity (Wildman–Crippen MR) is 119 cm³/mol. The number of phosphoric acid groups is 2. The molecule has 0 aromatic rings. The predicted octanol–water partition coefficient (Wildman–Crippen LogP) is 6.70. The highest BCUT2D eigenvalue weighted by molar-refractivity contribution is 7.48. The molecule has 0 heterocycles. The van der Waals surface area contributed by atoms with Crippen molar-refractivity contribution in [1.29, 1.82) is 0 Å². The Morgan fingerprint density at radius 1 is 0.533 bits per heavy atom. The zero-order chi connectivity index (χ0) is 23.4. The van der Waals surface area contributed by atoms with Crippen molar-refractivity contribution in [3.05, 3.63) is 0 Å². The molecule has 0 spiro atoms. The van der Waals surface area contributed by atoms with Gasteiger partial charge in [0.2, 0.25) is 0 Å². The SMILES string of the molecule is CC(C)COP(=O)(OCC[C@@H](C)OP(=O)(OCC(C)C)OCC(C)C)OCC(C)C. The van der Waals surface area contributed by atoms with Crippen molar-refractivity contribution in [2.75, 3.05) is 33.0 Å². The molecule has 0 aliphatic carbocycles. The van der Waals surface area contributed by atoms with E-state index in [9.17, 15) is 9.13 Å². The highest BCUT2D eigenvalue weighted by Gasteiger charge is 2.32. The van der Waals surface area contributed by atoms with E-state index in [2.05, 4.69) is 0 Å². The Labute approximate surface area is 183 Å². The third-order valence-corrected chi connectivity index (χ3v) is 6.32. The Morgan fingerprint density at radius 2 is 0.867 bits per heavy atom. The average Bonchev–Trinajstić information content (AvgIpc) is 2.62. The zero-order valence-corrected chi connectivity index (χ0v) is 22.1. The van der Waals surface area contributed by atoms with Crippen molar-refractivity contribution in [2.24, 2.45) is 23.7 Å². The first kappa shape index (κ1) is 30.2. The van der Waals surface area contributed by atoms with Gasteiger partial charge in [0.05, 0.1) is 39.1 Å². The maximum absolute atomic E-state index is 12.9. The van der Waals surface area contributed by atoms with Crippen LogP contribution < -0.4 is 0 Å². The van der Waals surface area contributed by atoms with Crippen LogP contribution in [0.15, 0.2) is 0 Å². The molecule has 30 heavy (non-hydrogen) atoms. The highest BCUT2D eigenvalue weighted by atomic mass is 31.2. The molecule has 0 unspecified atom stereocenters. The summed E-state index contributed by atoms with van der Waals surface area (Å²) in [6.07, 6.45) is -0.182. The summed E-state index contributed by atoms with van der Waals surface area (Å²) in [5.74, 6) is 0.749. The van der Waals surface area contributed by atoms with Gasteiger partial charge in [-0.05, 0) is 37.0 Å². The molecular weight excluding hydrogens is 430 g/mol. The van der Waals surface area contributed by atoms with Crippen molar-refractivity contribution in [2.45, 2.75) is 74.8 Å². The highest BCUT2D eigenvalue weighted by Crippen LogP contribution is 2.52. The third-order valence-electron chi connectivity index (χ3n) is 3.35. The molecule has 0 radical (unpaired) electrons. The monoisotopic (exact) mass is 474 g/mol. The minimum absolute atomic E-state index is 0.0585. The second-order valence-corrected chi connectivity index (χ2v) is 12.5. The molecule has 10 heteroatoms. The molecule has 0 aliphatic rings. The van der Waals surface area contributed by atoms with Crippen LogP contribution in [0.2, 0.25) is 0 Å². The van der Waals surface area contributed by atoms with Gasteiger partial charge in [-0.15, -0.1) is 0 Å². The van der Waals surface area contributed by atoms with E-state index in [1.807, 2.05) is 55.4 Å². The third kappa shape index (κ3) is 15.9. The van der Waals surface area contributed by atoms with Gasteiger partial charge in [0, 0.05) is 0 Å². The Morgan fingerprint density at radius 3 is 1.20 bits per heavy atom. The van der Waals surface area contributed by atoms with Gasteiger partial charge in [-0.1, -0.05) is 55.4 Å². The molecule has 0 aromatic carbocycles. The van der Waals surface area contributed by atoms with Crippen LogP contribution in [0.1, 0.15) is 68.7 Å². The summed E-state index contributed by atoms with van der Waals surface area (Å²) < 4.78 is 58.6. The van der Waals surface area contributed by atoms with Crippen LogP contribution >= 0.6 is 15.6 Å². The van der Waals surface area contributed by atoms with E-state index in [1.165, 1.54) is 0 Å². The van der Waals surface area contributed by atoms with Gasteiger partial charge in [0.25, 0.3) is 0 Å². The van der Waals surface area contributed by atoms with E-state index in [1.54, 1.807) is 6.92 Å². The summed E-state index contributed by atoms with van der Waals surface area (Å²) in [5, 5.41) is 0. The van der Waals surface area contributed by atoms with E-state index in [4.69, 9.17) is 27.1 Å². The van der Waals surface area contributed by atoms with E-state index < -0.39 is 21.7 Å². The van der Waals surface area contributed by atoms with Crippen molar-refractivity contribution in [3.63, 3.8) is 0 Å². The van der Waals surface area contributed by atoms with Crippen LogP contribution in [0, 0.1) is 23.7 Å². The molecule has 0 saturated carbocycles. The van der Waals surface area contributed by atoms with Gasteiger partial charge in [-0.2, -0.15) is 0 Å². The molecule has 0 aliphatic heterocycles. The van der Waals surface area contributed by atoms with Crippen LogP contribution in [-0.4, -0.2) is 39.1 Å². The summed E-state index contributed by atoms with van der Waals surface area (Å²) in [6, 6.07) is 0. The Balaban J connectivity index is 4.78. The van der Waals surface area contributed by atoms with E-state index in [0.29, 0.717) is 6.42 Å². The summed E-state index contributed by atoms with van der Waals surface area (Å²) in [6.45, 7) is 18.5. The molecule has 0 amide bonds. The van der Waals surface area contributed by atoms with Crippen molar-refractivity contribution < 1.29 is 36.3 Å². The molecule has 0 saturated heterocycles. The van der Waals surface area contributed by atoms with E-state index in [0.717, 1.165) is 0 Å². The second kappa shape index (κ2) is 15.1. The topological polar surface area (TPSA) is 89.5 Å². The molecule has 0 N–H and O–H groups in total. The lowest BCUT2D eigenvalue weighted by molar-refractivity contribution is 0.0552.